The molecular formula is C27H33N7O. The molecule has 1 fully saturated rings. The molecule has 2 aromatic heterocycles. The van der Waals surface area contributed by atoms with Crippen LogP contribution in [0, 0.1) is 0 Å². The minimum absolute atomic E-state index is 0.0984. The van der Waals surface area contributed by atoms with Gasteiger partial charge >= 0.3 is 0 Å². The summed E-state index contributed by atoms with van der Waals surface area (Å²) in [5, 5.41) is 4.29. The molecule has 0 atom stereocenters. The second kappa shape index (κ2) is 12.1. The van der Waals surface area contributed by atoms with Crippen molar-refractivity contribution in [2.24, 2.45) is 15.7 Å². The molecule has 0 amide bonds. The summed E-state index contributed by atoms with van der Waals surface area (Å²) in [6.07, 6.45) is 9.31. The first-order chi connectivity index (χ1) is 17.1. The van der Waals surface area contributed by atoms with E-state index in [-0.39, 0.29) is 6.10 Å². The number of ether oxygens (including phenoxy) is 1. The van der Waals surface area contributed by atoms with Gasteiger partial charge in [0.15, 0.2) is 5.65 Å². The minimum atomic E-state index is 0.0984. The molecule has 8 heteroatoms. The molecule has 8 nitrogen and oxygen atoms in total. The summed E-state index contributed by atoms with van der Waals surface area (Å²) in [6.45, 7) is 7.96. The number of nitrogens with two attached hydrogens (primary N) is 1. The van der Waals surface area contributed by atoms with Crippen molar-refractivity contribution in [1.82, 2.24) is 14.9 Å². The lowest BCUT2D eigenvalue weighted by Crippen LogP contribution is -2.22. The molecule has 4 rings (SSSR count). The monoisotopic (exact) mass is 471 g/mol. The number of hydrogen-bond donors (Lipinski definition) is 2. The Morgan fingerprint density at radius 2 is 2.06 bits per heavy atom. The van der Waals surface area contributed by atoms with Gasteiger partial charge in [0.25, 0.3) is 0 Å². The van der Waals surface area contributed by atoms with E-state index < -0.39 is 0 Å². The third-order valence-corrected chi connectivity index (χ3v) is 5.65. The van der Waals surface area contributed by atoms with Crippen LogP contribution in [0.4, 0.5) is 5.69 Å². The number of hydrogen-bond acceptors (Lipinski definition) is 6. The van der Waals surface area contributed by atoms with Crippen molar-refractivity contribution in [3.63, 3.8) is 0 Å². The number of benzene rings is 1. The van der Waals surface area contributed by atoms with Crippen LogP contribution in [0.5, 0.6) is 5.75 Å². The molecule has 1 saturated heterocycles. The largest absolute Gasteiger partial charge is 0.491 e. The summed E-state index contributed by atoms with van der Waals surface area (Å²) < 4.78 is 5.86. The molecule has 182 valence electrons. The van der Waals surface area contributed by atoms with Gasteiger partial charge in [-0.2, -0.15) is 0 Å². The van der Waals surface area contributed by atoms with Crippen LogP contribution >= 0.6 is 0 Å². The highest BCUT2D eigenvalue weighted by atomic mass is 16.5. The lowest BCUT2D eigenvalue weighted by Gasteiger charge is -2.12. The zero-order chi connectivity index (χ0) is 24.5. The molecule has 1 aliphatic rings. The number of fused-ring (bicyclic) bond motifs is 1. The van der Waals surface area contributed by atoms with Gasteiger partial charge in [0, 0.05) is 29.9 Å². The van der Waals surface area contributed by atoms with Gasteiger partial charge in [-0.15, -0.1) is 0 Å². The normalized spacial score (nSPS) is 15.1. The van der Waals surface area contributed by atoms with Gasteiger partial charge in [-0.3, -0.25) is 4.99 Å². The zero-order valence-corrected chi connectivity index (χ0v) is 20.4. The van der Waals surface area contributed by atoms with Gasteiger partial charge in [0.1, 0.15) is 11.6 Å². The fourth-order valence-corrected chi connectivity index (χ4v) is 4.06. The van der Waals surface area contributed by atoms with Gasteiger partial charge < -0.3 is 20.7 Å². The summed E-state index contributed by atoms with van der Waals surface area (Å²) in [5.74, 6) is 1.39. The smallest absolute Gasteiger partial charge is 0.161 e. The van der Waals surface area contributed by atoms with Gasteiger partial charge in [-0.25, -0.2) is 15.0 Å². The molecule has 0 saturated carbocycles. The molecule has 0 aliphatic carbocycles. The molecule has 1 aliphatic heterocycles. The first kappa shape index (κ1) is 24.3. The van der Waals surface area contributed by atoms with E-state index in [1.54, 1.807) is 6.20 Å². The van der Waals surface area contributed by atoms with Crippen molar-refractivity contribution >= 4 is 28.9 Å². The van der Waals surface area contributed by atoms with E-state index in [2.05, 4.69) is 25.2 Å². The van der Waals surface area contributed by atoms with E-state index in [1.165, 1.54) is 19.2 Å². The molecule has 0 spiro atoms. The molecule has 3 heterocycles. The van der Waals surface area contributed by atoms with E-state index in [9.17, 15) is 0 Å². The van der Waals surface area contributed by atoms with Crippen LogP contribution in [0.15, 0.2) is 70.9 Å². The van der Waals surface area contributed by atoms with Gasteiger partial charge in [-0.1, -0.05) is 12.1 Å². The number of likely N-dealkylation sites (tertiary alicyclic amines) is 1. The molecule has 35 heavy (non-hydrogen) atoms. The van der Waals surface area contributed by atoms with Crippen LogP contribution < -0.4 is 15.8 Å². The number of nitrogens with one attached hydrogen (secondary N) is 1. The Hall–Kier alpha value is -3.78. The van der Waals surface area contributed by atoms with Crippen LogP contribution in [-0.2, 0) is 0 Å². The van der Waals surface area contributed by atoms with Crippen molar-refractivity contribution < 1.29 is 4.74 Å². The maximum atomic E-state index is 5.86. The standard InChI is InChI=1S/C27H33N7O/c1-20(2)35-22-8-5-7-21(17-22)24-18-25(23-9-6-11-31-27(23)33-24)29-12-10-26(32-19-28)30-13-16-34-14-3-4-15-34/h5-12,17-20H,3-4,13-16H2,1-2H3,(H2,28,30,32)(H,29,31,33)/b12-10+. The number of nitrogens with zero attached hydrogens (tertiary/aromatic N) is 5. The topological polar surface area (TPSA) is 101 Å². The third-order valence-electron chi connectivity index (χ3n) is 5.65. The summed E-state index contributed by atoms with van der Waals surface area (Å²) in [4.78, 5) is 20.5. The maximum Gasteiger partial charge on any atom is 0.161 e. The van der Waals surface area contributed by atoms with Gasteiger partial charge in [0.05, 0.1) is 30.4 Å². The first-order valence-corrected chi connectivity index (χ1v) is 12.1. The molecular weight excluding hydrogens is 438 g/mol. The number of aliphatic imine (C=N–C) groups is 2. The fraction of sp³-hybridized carbons (Fsp3) is 0.333. The first-order valence-electron chi connectivity index (χ1n) is 12.1. The van der Waals surface area contributed by atoms with Crippen molar-refractivity contribution in [2.45, 2.75) is 32.8 Å². The number of aromatic nitrogens is 2. The number of pyridine rings is 2. The second-order valence-corrected chi connectivity index (χ2v) is 8.67. The van der Waals surface area contributed by atoms with Crippen molar-refractivity contribution in [1.29, 1.82) is 0 Å². The SMILES string of the molecule is CC(C)Oc1cccc(-c2cc(N/C=C/C(N=CN)=NCCN3CCCC3)c3cccnc3n2)c1. The predicted molar refractivity (Wildman–Crippen MR) is 144 cm³/mol. The average molecular weight is 472 g/mol. The van der Waals surface area contributed by atoms with Crippen LogP contribution in [-0.4, -0.2) is 59.3 Å². The van der Waals surface area contributed by atoms with Crippen LogP contribution in [0.1, 0.15) is 26.7 Å². The molecule has 3 aromatic rings. The van der Waals surface area contributed by atoms with E-state index in [4.69, 9.17) is 15.5 Å². The Balaban J connectivity index is 1.55. The predicted octanol–water partition coefficient (Wildman–Crippen LogP) is 4.49. The van der Waals surface area contributed by atoms with E-state index in [1.807, 2.05) is 68.6 Å². The number of rotatable bonds is 9. The minimum Gasteiger partial charge on any atom is -0.491 e. The van der Waals surface area contributed by atoms with Crippen LogP contribution in [0.2, 0.25) is 0 Å². The van der Waals surface area contributed by atoms with E-state index in [0.29, 0.717) is 18.0 Å². The van der Waals surface area contributed by atoms with Crippen molar-refractivity contribution in [2.75, 3.05) is 31.5 Å². The number of amidine groups is 1. The van der Waals surface area contributed by atoms with Gasteiger partial charge in [-0.05, 0) is 76.2 Å². The molecule has 0 bridgehead atoms. The highest BCUT2D eigenvalue weighted by Gasteiger charge is 2.11. The van der Waals surface area contributed by atoms with E-state index >= 15 is 0 Å². The zero-order valence-electron chi connectivity index (χ0n) is 20.4. The molecule has 3 N–H and O–H groups in total. The van der Waals surface area contributed by atoms with Gasteiger partial charge in [0.2, 0.25) is 0 Å². The van der Waals surface area contributed by atoms with Crippen molar-refractivity contribution in [3.05, 3.63) is 60.9 Å². The Bertz CT molecular complexity index is 1210. The highest BCUT2D eigenvalue weighted by molar-refractivity contribution is 5.98. The van der Waals surface area contributed by atoms with Crippen molar-refractivity contribution in [3.8, 4) is 17.0 Å². The summed E-state index contributed by atoms with van der Waals surface area (Å²) in [6, 6.07) is 13.9. The lowest BCUT2D eigenvalue weighted by atomic mass is 10.1. The summed E-state index contributed by atoms with van der Waals surface area (Å²) in [7, 11) is 0. The average Bonchev–Trinajstić information content (AvgIpc) is 3.37. The second-order valence-electron chi connectivity index (χ2n) is 8.67. The molecule has 0 unspecified atom stereocenters. The number of anilines is 1. The third kappa shape index (κ3) is 6.86. The Labute approximate surface area is 206 Å². The summed E-state index contributed by atoms with van der Waals surface area (Å²) >= 11 is 0. The molecule has 0 radical (unpaired) electrons. The maximum absolute atomic E-state index is 5.86. The van der Waals surface area contributed by atoms with E-state index in [0.717, 1.165) is 47.7 Å². The molecule has 1 aromatic carbocycles. The Morgan fingerprint density at radius 1 is 1.20 bits per heavy atom. The Morgan fingerprint density at radius 3 is 2.86 bits per heavy atom. The lowest BCUT2D eigenvalue weighted by molar-refractivity contribution is 0.242. The fourth-order valence-electron chi connectivity index (χ4n) is 4.06. The van der Waals surface area contributed by atoms with Crippen LogP contribution in [0.3, 0.4) is 0 Å². The summed E-state index contributed by atoms with van der Waals surface area (Å²) in [5.41, 5.74) is 8.86. The quantitative estimate of drug-likeness (QED) is 0.352. The highest BCUT2D eigenvalue weighted by Crippen LogP contribution is 2.29. The Kier molecular flexibility index (Phi) is 8.40. The van der Waals surface area contributed by atoms with Crippen LogP contribution in [0.25, 0.3) is 22.3 Å².